The van der Waals surface area contributed by atoms with Crippen molar-refractivity contribution in [3.63, 3.8) is 0 Å². The van der Waals surface area contributed by atoms with Crippen LogP contribution in [-0.2, 0) is 11.3 Å². The number of nitrogens with zero attached hydrogens (tertiary/aromatic N) is 4. The first kappa shape index (κ1) is 15.3. The molecule has 2 heterocycles. The van der Waals surface area contributed by atoms with Crippen molar-refractivity contribution < 1.29 is 9.53 Å². The molecule has 0 saturated carbocycles. The maximum absolute atomic E-state index is 12.6. The van der Waals surface area contributed by atoms with Crippen LogP contribution in [0.2, 0.25) is 0 Å². The zero-order valence-corrected chi connectivity index (χ0v) is 12.5. The molecule has 1 atom stereocenters. The Balaban J connectivity index is 2.07. The molecular weight excluding hydrogens is 278 g/mol. The molecule has 2 rings (SSSR count). The number of carbonyl (C=O) groups is 1. The van der Waals surface area contributed by atoms with E-state index in [0.29, 0.717) is 31.9 Å². The lowest BCUT2D eigenvalue weighted by Gasteiger charge is -2.27. The smallest absolute Gasteiger partial charge is 0.276 e. The average molecular weight is 299 g/mol. The van der Waals surface area contributed by atoms with Crippen LogP contribution in [0.1, 0.15) is 16.9 Å². The van der Waals surface area contributed by atoms with E-state index in [-0.39, 0.29) is 11.9 Å². The SMILES string of the molecule is COCCN(C(=O)c1cn(CCN)nn1)C1CCSC1. The summed E-state index contributed by atoms with van der Waals surface area (Å²) in [6.07, 6.45) is 2.69. The summed E-state index contributed by atoms with van der Waals surface area (Å²) in [4.78, 5) is 14.4. The van der Waals surface area contributed by atoms with Crippen molar-refractivity contribution in [3.8, 4) is 0 Å². The third kappa shape index (κ3) is 3.71. The number of amides is 1. The Morgan fingerprint density at radius 2 is 2.55 bits per heavy atom. The van der Waals surface area contributed by atoms with E-state index in [0.717, 1.165) is 17.9 Å². The number of aromatic nitrogens is 3. The van der Waals surface area contributed by atoms with Gasteiger partial charge in [0, 0.05) is 32.0 Å². The number of hydrogen-bond acceptors (Lipinski definition) is 6. The molecule has 1 amide bonds. The highest BCUT2D eigenvalue weighted by Crippen LogP contribution is 2.23. The van der Waals surface area contributed by atoms with Crippen LogP contribution in [0.25, 0.3) is 0 Å². The Morgan fingerprint density at radius 3 is 3.20 bits per heavy atom. The van der Waals surface area contributed by atoms with E-state index in [1.807, 2.05) is 16.7 Å². The highest BCUT2D eigenvalue weighted by atomic mass is 32.2. The van der Waals surface area contributed by atoms with Crippen molar-refractivity contribution in [2.45, 2.75) is 19.0 Å². The fraction of sp³-hybridized carbons (Fsp3) is 0.750. The fourth-order valence-electron chi connectivity index (χ4n) is 2.19. The Hall–Kier alpha value is -1.12. The van der Waals surface area contributed by atoms with E-state index >= 15 is 0 Å². The number of ether oxygens (including phenoxy) is 1. The molecule has 0 bridgehead atoms. The van der Waals surface area contributed by atoms with Crippen molar-refractivity contribution in [2.24, 2.45) is 5.73 Å². The zero-order chi connectivity index (χ0) is 14.4. The van der Waals surface area contributed by atoms with Gasteiger partial charge in [0.25, 0.3) is 5.91 Å². The second-order valence-electron chi connectivity index (χ2n) is 4.66. The van der Waals surface area contributed by atoms with E-state index in [2.05, 4.69) is 10.3 Å². The van der Waals surface area contributed by atoms with E-state index in [4.69, 9.17) is 10.5 Å². The van der Waals surface area contributed by atoms with Crippen LogP contribution in [0.3, 0.4) is 0 Å². The Morgan fingerprint density at radius 1 is 1.70 bits per heavy atom. The van der Waals surface area contributed by atoms with Crippen LogP contribution >= 0.6 is 11.8 Å². The molecule has 7 nitrogen and oxygen atoms in total. The van der Waals surface area contributed by atoms with Crippen molar-refractivity contribution in [2.75, 3.05) is 38.3 Å². The summed E-state index contributed by atoms with van der Waals surface area (Å²) >= 11 is 1.88. The molecule has 112 valence electrons. The van der Waals surface area contributed by atoms with Gasteiger partial charge in [0.05, 0.1) is 19.3 Å². The van der Waals surface area contributed by atoms with Gasteiger partial charge in [-0.1, -0.05) is 5.21 Å². The van der Waals surface area contributed by atoms with Crippen molar-refractivity contribution >= 4 is 17.7 Å². The first-order chi connectivity index (χ1) is 9.76. The summed E-state index contributed by atoms with van der Waals surface area (Å²) in [5, 5.41) is 7.87. The summed E-state index contributed by atoms with van der Waals surface area (Å²) in [5.74, 6) is 2.01. The Kier molecular flexibility index (Phi) is 5.81. The molecule has 1 aliphatic rings. The van der Waals surface area contributed by atoms with Gasteiger partial charge in [-0.25, -0.2) is 0 Å². The summed E-state index contributed by atoms with van der Waals surface area (Å²) < 4.78 is 6.71. The molecule has 0 aliphatic carbocycles. The van der Waals surface area contributed by atoms with Gasteiger partial charge >= 0.3 is 0 Å². The molecule has 0 aromatic carbocycles. The summed E-state index contributed by atoms with van der Waals surface area (Å²) in [7, 11) is 1.64. The predicted octanol–water partition coefficient (Wildman–Crippen LogP) is -0.169. The first-order valence-electron chi connectivity index (χ1n) is 6.74. The molecule has 0 radical (unpaired) electrons. The first-order valence-corrected chi connectivity index (χ1v) is 7.89. The number of thioether (sulfide) groups is 1. The highest BCUT2D eigenvalue weighted by molar-refractivity contribution is 7.99. The number of hydrogen-bond donors (Lipinski definition) is 1. The second kappa shape index (κ2) is 7.61. The molecule has 1 aliphatic heterocycles. The lowest BCUT2D eigenvalue weighted by atomic mass is 10.2. The average Bonchev–Trinajstić information content (AvgIpc) is 3.10. The molecule has 2 N–H and O–H groups in total. The standard InChI is InChI=1S/C12H21N5O2S/c1-19-6-5-17(10-2-7-20-9-10)12(18)11-8-16(4-3-13)15-14-11/h8,10H,2-7,9,13H2,1H3. The normalized spacial score (nSPS) is 18.4. The summed E-state index contributed by atoms with van der Waals surface area (Å²) in [6.45, 7) is 2.16. The second-order valence-corrected chi connectivity index (χ2v) is 5.81. The van der Waals surface area contributed by atoms with Gasteiger partial charge in [-0.2, -0.15) is 11.8 Å². The zero-order valence-electron chi connectivity index (χ0n) is 11.7. The maximum atomic E-state index is 12.6. The predicted molar refractivity (Wildman–Crippen MR) is 77.7 cm³/mol. The number of methoxy groups -OCH3 is 1. The molecule has 1 fully saturated rings. The van der Waals surface area contributed by atoms with Gasteiger partial charge in [-0.3, -0.25) is 9.48 Å². The Bertz CT molecular complexity index is 433. The minimum absolute atomic E-state index is 0.0715. The van der Waals surface area contributed by atoms with Crippen LogP contribution < -0.4 is 5.73 Å². The van der Waals surface area contributed by atoms with Gasteiger partial charge < -0.3 is 15.4 Å². The van der Waals surface area contributed by atoms with Gasteiger partial charge in [0.2, 0.25) is 0 Å². The third-order valence-corrected chi connectivity index (χ3v) is 4.40. The number of nitrogens with two attached hydrogens (primary N) is 1. The van der Waals surface area contributed by atoms with E-state index in [1.165, 1.54) is 0 Å². The van der Waals surface area contributed by atoms with E-state index in [9.17, 15) is 4.79 Å². The van der Waals surface area contributed by atoms with Crippen LogP contribution in [0.15, 0.2) is 6.20 Å². The van der Waals surface area contributed by atoms with Gasteiger partial charge in [0.15, 0.2) is 5.69 Å². The summed E-state index contributed by atoms with van der Waals surface area (Å²) in [6, 6.07) is 0.266. The maximum Gasteiger partial charge on any atom is 0.276 e. The molecule has 1 aromatic heterocycles. The van der Waals surface area contributed by atoms with Crippen LogP contribution in [0.5, 0.6) is 0 Å². The van der Waals surface area contributed by atoms with Crippen molar-refractivity contribution in [1.82, 2.24) is 19.9 Å². The molecule has 1 unspecified atom stereocenters. The highest BCUT2D eigenvalue weighted by Gasteiger charge is 2.29. The monoisotopic (exact) mass is 299 g/mol. The van der Waals surface area contributed by atoms with Crippen molar-refractivity contribution in [1.29, 1.82) is 0 Å². The van der Waals surface area contributed by atoms with Crippen LogP contribution in [0, 0.1) is 0 Å². The molecule has 8 heteroatoms. The van der Waals surface area contributed by atoms with E-state index in [1.54, 1.807) is 18.0 Å². The molecule has 20 heavy (non-hydrogen) atoms. The largest absolute Gasteiger partial charge is 0.383 e. The van der Waals surface area contributed by atoms with Crippen LogP contribution in [0.4, 0.5) is 0 Å². The van der Waals surface area contributed by atoms with Gasteiger partial charge in [0.1, 0.15) is 0 Å². The van der Waals surface area contributed by atoms with Gasteiger partial charge in [-0.15, -0.1) is 5.10 Å². The minimum atomic E-state index is -0.0715. The minimum Gasteiger partial charge on any atom is -0.383 e. The topological polar surface area (TPSA) is 86.3 Å². The molecule has 1 aromatic rings. The number of carbonyl (C=O) groups excluding carboxylic acids is 1. The molecular formula is C12H21N5O2S. The molecule has 0 spiro atoms. The summed E-state index contributed by atoms with van der Waals surface area (Å²) in [5.41, 5.74) is 5.85. The van der Waals surface area contributed by atoms with Crippen molar-refractivity contribution in [3.05, 3.63) is 11.9 Å². The third-order valence-electron chi connectivity index (χ3n) is 3.26. The number of rotatable bonds is 7. The van der Waals surface area contributed by atoms with Gasteiger partial charge in [-0.05, 0) is 12.2 Å². The molecule has 1 saturated heterocycles. The van der Waals surface area contributed by atoms with E-state index < -0.39 is 0 Å². The lowest BCUT2D eigenvalue weighted by molar-refractivity contribution is 0.0618. The quantitative estimate of drug-likeness (QED) is 0.752. The fourth-order valence-corrected chi connectivity index (χ4v) is 3.42. The van der Waals surface area contributed by atoms with Crippen LogP contribution in [-0.4, -0.2) is 70.2 Å². The Labute approximate surface area is 122 Å². The lowest BCUT2D eigenvalue weighted by Crippen LogP contribution is -2.42.